The van der Waals surface area contributed by atoms with Crippen LogP contribution in [0.2, 0.25) is 0 Å². The summed E-state index contributed by atoms with van der Waals surface area (Å²) >= 11 is 0. The van der Waals surface area contributed by atoms with E-state index in [0.29, 0.717) is 55.6 Å². The highest BCUT2D eigenvalue weighted by molar-refractivity contribution is 6.07. The maximum Gasteiger partial charge on any atom is 0.274 e. The molecule has 0 spiro atoms. The lowest BCUT2D eigenvalue weighted by atomic mass is 10.1. The van der Waals surface area contributed by atoms with Crippen LogP contribution in [0, 0.1) is 6.92 Å². The van der Waals surface area contributed by atoms with Gasteiger partial charge in [-0.3, -0.25) is 19.4 Å². The zero-order valence-corrected chi connectivity index (χ0v) is 17.0. The molecule has 0 aliphatic carbocycles. The summed E-state index contributed by atoms with van der Waals surface area (Å²) in [4.78, 5) is 27.5. The summed E-state index contributed by atoms with van der Waals surface area (Å²) in [6, 6.07) is 9.59. The number of aromatic amines is 1. The number of nitrogens with one attached hydrogen (secondary N) is 2. The van der Waals surface area contributed by atoms with Gasteiger partial charge in [0, 0.05) is 25.2 Å². The molecule has 2 aromatic heterocycles. The normalized spacial score (nSPS) is 14.0. The van der Waals surface area contributed by atoms with Crippen LogP contribution in [0.4, 0.5) is 5.69 Å². The first-order chi connectivity index (χ1) is 14.6. The zero-order valence-electron chi connectivity index (χ0n) is 17.0. The number of morpholine rings is 1. The third-order valence-electron chi connectivity index (χ3n) is 5.06. The number of nitrogens with zero attached hydrogens (tertiary/aromatic N) is 4. The molecule has 9 heteroatoms. The van der Waals surface area contributed by atoms with Gasteiger partial charge < -0.3 is 15.0 Å². The molecule has 9 nitrogen and oxygen atoms in total. The largest absolute Gasteiger partial charge is 0.378 e. The first-order valence-electron chi connectivity index (χ1n) is 9.93. The number of hydrogen-bond donors (Lipinski definition) is 2. The molecule has 1 aromatic carbocycles. The summed E-state index contributed by atoms with van der Waals surface area (Å²) in [6.07, 6.45) is 1.51. The van der Waals surface area contributed by atoms with Gasteiger partial charge in [0.25, 0.3) is 11.8 Å². The molecule has 30 heavy (non-hydrogen) atoms. The van der Waals surface area contributed by atoms with E-state index >= 15 is 0 Å². The Morgan fingerprint density at radius 2 is 1.93 bits per heavy atom. The van der Waals surface area contributed by atoms with Crippen LogP contribution in [-0.2, 0) is 11.3 Å². The van der Waals surface area contributed by atoms with Crippen LogP contribution in [0.5, 0.6) is 0 Å². The van der Waals surface area contributed by atoms with Crippen molar-refractivity contribution in [3.05, 3.63) is 53.5 Å². The van der Waals surface area contributed by atoms with E-state index < -0.39 is 0 Å². The van der Waals surface area contributed by atoms with Crippen LogP contribution in [-0.4, -0.2) is 63.0 Å². The second-order valence-electron chi connectivity index (χ2n) is 7.11. The third kappa shape index (κ3) is 3.97. The Balaban J connectivity index is 1.54. The predicted molar refractivity (Wildman–Crippen MR) is 111 cm³/mol. The molecule has 4 rings (SSSR count). The number of H-pyrrole nitrogens is 1. The van der Waals surface area contributed by atoms with Crippen molar-refractivity contribution >= 4 is 17.5 Å². The van der Waals surface area contributed by atoms with Crippen molar-refractivity contribution in [1.82, 2.24) is 24.9 Å². The number of carbonyl (C=O) groups is 2. The first kappa shape index (κ1) is 19.8. The van der Waals surface area contributed by atoms with E-state index in [2.05, 4.69) is 20.6 Å². The molecule has 2 N–H and O–H groups in total. The third-order valence-corrected chi connectivity index (χ3v) is 5.06. The summed E-state index contributed by atoms with van der Waals surface area (Å²) < 4.78 is 6.92. The Morgan fingerprint density at radius 1 is 1.20 bits per heavy atom. The van der Waals surface area contributed by atoms with Gasteiger partial charge in [-0.1, -0.05) is 29.8 Å². The number of aryl methyl sites for hydroxylation is 2. The van der Waals surface area contributed by atoms with Gasteiger partial charge >= 0.3 is 0 Å². The minimum atomic E-state index is -0.382. The Labute approximate surface area is 174 Å². The van der Waals surface area contributed by atoms with Gasteiger partial charge in [-0.2, -0.15) is 10.2 Å². The molecule has 0 saturated carbocycles. The van der Waals surface area contributed by atoms with Crippen molar-refractivity contribution in [2.45, 2.75) is 20.4 Å². The van der Waals surface area contributed by atoms with Crippen molar-refractivity contribution in [2.75, 3.05) is 31.6 Å². The highest BCUT2D eigenvalue weighted by Crippen LogP contribution is 2.21. The highest BCUT2D eigenvalue weighted by atomic mass is 16.5. The van der Waals surface area contributed by atoms with Crippen LogP contribution < -0.4 is 5.32 Å². The lowest BCUT2D eigenvalue weighted by molar-refractivity contribution is 0.0295. The fraction of sp³-hybridized carbons (Fsp3) is 0.333. The second kappa shape index (κ2) is 8.50. The topological polar surface area (TPSA) is 105 Å². The van der Waals surface area contributed by atoms with Crippen molar-refractivity contribution in [2.24, 2.45) is 0 Å². The van der Waals surface area contributed by atoms with Crippen molar-refractivity contribution in [3.8, 4) is 11.3 Å². The Bertz CT molecular complexity index is 1050. The molecule has 2 amide bonds. The second-order valence-corrected chi connectivity index (χ2v) is 7.11. The summed E-state index contributed by atoms with van der Waals surface area (Å²) in [5, 5.41) is 14.1. The number of carbonyl (C=O) groups excluding carboxylic acids is 2. The maximum absolute atomic E-state index is 13.0. The van der Waals surface area contributed by atoms with Crippen LogP contribution in [0.3, 0.4) is 0 Å². The number of rotatable bonds is 5. The average Bonchev–Trinajstić information content (AvgIpc) is 3.42. The maximum atomic E-state index is 13.0. The van der Waals surface area contributed by atoms with Gasteiger partial charge in [0.15, 0.2) is 0 Å². The molecule has 1 aliphatic rings. The Morgan fingerprint density at radius 3 is 2.63 bits per heavy atom. The summed E-state index contributed by atoms with van der Waals surface area (Å²) in [5.74, 6) is -0.551. The Kier molecular flexibility index (Phi) is 5.62. The van der Waals surface area contributed by atoms with Gasteiger partial charge in [0.1, 0.15) is 11.4 Å². The van der Waals surface area contributed by atoms with Gasteiger partial charge in [-0.15, -0.1) is 0 Å². The van der Waals surface area contributed by atoms with Crippen molar-refractivity contribution in [3.63, 3.8) is 0 Å². The molecular weight excluding hydrogens is 384 g/mol. The average molecular weight is 408 g/mol. The molecule has 1 aliphatic heterocycles. The molecule has 3 heterocycles. The van der Waals surface area contributed by atoms with E-state index in [1.807, 2.05) is 38.1 Å². The molecule has 0 unspecified atom stereocenters. The zero-order chi connectivity index (χ0) is 21.1. The number of aromatic nitrogens is 4. The number of amides is 2. The minimum absolute atomic E-state index is 0.169. The number of benzene rings is 1. The van der Waals surface area contributed by atoms with E-state index in [4.69, 9.17) is 4.74 Å². The predicted octanol–water partition coefficient (Wildman–Crippen LogP) is 2.33. The number of ether oxygens (including phenoxy) is 1. The van der Waals surface area contributed by atoms with Gasteiger partial charge in [0.05, 0.1) is 30.8 Å². The fourth-order valence-electron chi connectivity index (χ4n) is 3.36. The molecule has 1 fully saturated rings. The van der Waals surface area contributed by atoms with Crippen LogP contribution in [0.1, 0.15) is 33.5 Å². The molecule has 156 valence electrons. The van der Waals surface area contributed by atoms with Gasteiger partial charge in [0.2, 0.25) is 0 Å². The lowest BCUT2D eigenvalue weighted by Crippen LogP contribution is -2.41. The number of hydrogen-bond acceptors (Lipinski definition) is 5. The molecule has 3 aromatic rings. The molecular formula is C21H24N6O3. The summed E-state index contributed by atoms with van der Waals surface area (Å²) in [5.41, 5.74) is 3.79. The monoisotopic (exact) mass is 408 g/mol. The van der Waals surface area contributed by atoms with Crippen LogP contribution in [0.25, 0.3) is 11.3 Å². The van der Waals surface area contributed by atoms with E-state index in [1.165, 1.54) is 6.20 Å². The SMILES string of the molecule is CCn1ncc(NC(=O)c2cc(-c3ccc(C)cc3)n[nH]2)c1C(=O)N1CCOCC1. The van der Waals surface area contributed by atoms with E-state index in [9.17, 15) is 9.59 Å². The summed E-state index contributed by atoms with van der Waals surface area (Å²) in [7, 11) is 0. The van der Waals surface area contributed by atoms with Gasteiger partial charge in [-0.25, -0.2) is 0 Å². The molecule has 0 atom stereocenters. The Hall–Kier alpha value is -3.46. The van der Waals surface area contributed by atoms with E-state index in [1.54, 1.807) is 15.6 Å². The molecule has 0 radical (unpaired) electrons. The van der Waals surface area contributed by atoms with E-state index in [0.717, 1.165) is 11.1 Å². The lowest BCUT2D eigenvalue weighted by Gasteiger charge is -2.27. The van der Waals surface area contributed by atoms with Gasteiger partial charge in [-0.05, 0) is 19.9 Å². The summed E-state index contributed by atoms with van der Waals surface area (Å²) in [6.45, 7) is 6.47. The van der Waals surface area contributed by atoms with Crippen molar-refractivity contribution in [1.29, 1.82) is 0 Å². The fourth-order valence-corrected chi connectivity index (χ4v) is 3.36. The highest BCUT2D eigenvalue weighted by Gasteiger charge is 2.26. The quantitative estimate of drug-likeness (QED) is 0.674. The van der Waals surface area contributed by atoms with E-state index in [-0.39, 0.29) is 11.8 Å². The standard InChI is InChI=1S/C21H24N6O3/c1-3-27-19(21(29)26-8-10-30-11-9-26)18(13-22-27)23-20(28)17-12-16(24-25-17)15-6-4-14(2)5-7-15/h4-7,12-13H,3,8-11H2,1-2H3,(H,23,28)(H,24,25). The van der Waals surface area contributed by atoms with Crippen molar-refractivity contribution < 1.29 is 14.3 Å². The first-order valence-corrected chi connectivity index (χ1v) is 9.93. The molecule has 0 bridgehead atoms. The van der Waals surface area contributed by atoms with Crippen LogP contribution >= 0.6 is 0 Å². The minimum Gasteiger partial charge on any atom is -0.378 e. The smallest absolute Gasteiger partial charge is 0.274 e. The van der Waals surface area contributed by atoms with Crippen LogP contribution in [0.15, 0.2) is 36.5 Å². The molecule has 1 saturated heterocycles. The number of anilines is 1.